The van der Waals surface area contributed by atoms with Crippen LogP contribution in [-0.4, -0.2) is 32.0 Å². The van der Waals surface area contributed by atoms with Crippen LogP contribution in [-0.2, 0) is 17.4 Å². The molecule has 0 aliphatic heterocycles. The first-order chi connectivity index (χ1) is 14.7. The van der Waals surface area contributed by atoms with Crippen molar-refractivity contribution in [2.45, 2.75) is 31.9 Å². The fourth-order valence-corrected chi connectivity index (χ4v) is 3.19. The van der Waals surface area contributed by atoms with Crippen LogP contribution in [0.5, 0.6) is 0 Å². The number of hydrogen-bond donors (Lipinski definition) is 2. The molecule has 2 N–H and O–H groups in total. The van der Waals surface area contributed by atoms with E-state index in [1.165, 1.54) is 29.0 Å². The number of alkyl halides is 3. The SMILES string of the molecule is O=C(O)CCCCc1nc2cc(/C=N\O)ccc2c(=O)n1-c1ccc(C(F)(F)F)cc1. The van der Waals surface area contributed by atoms with Crippen LogP contribution >= 0.6 is 0 Å². The normalized spacial score (nSPS) is 12.0. The Hall–Kier alpha value is -3.69. The lowest BCUT2D eigenvalue weighted by Crippen LogP contribution is -2.24. The van der Waals surface area contributed by atoms with E-state index >= 15 is 0 Å². The van der Waals surface area contributed by atoms with Crippen LogP contribution in [0.1, 0.15) is 36.2 Å². The molecular weight excluding hydrogens is 415 g/mol. The van der Waals surface area contributed by atoms with Crippen molar-refractivity contribution in [3.05, 3.63) is 69.8 Å². The molecule has 0 unspecified atom stereocenters. The number of nitrogens with zero attached hydrogens (tertiary/aromatic N) is 3. The smallest absolute Gasteiger partial charge is 0.416 e. The Balaban J connectivity index is 2.11. The second-order valence-electron chi connectivity index (χ2n) is 6.84. The molecule has 0 amide bonds. The lowest BCUT2D eigenvalue weighted by Gasteiger charge is -2.15. The molecule has 7 nitrogen and oxygen atoms in total. The molecule has 1 aromatic heterocycles. The first-order valence-electron chi connectivity index (χ1n) is 9.33. The van der Waals surface area contributed by atoms with Crippen LogP contribution in [0, 0.1) is 0 Å². The molecule has 1 heterocycles. The number of fused-ring (bicyclic) bond motifs is 1. The van der Waals surface area contributed by atoms with Gasteiger partial charge in [0.1, 0.15) is 5.82 Å². The first kappa shape index (κ1) is 22.0. The van der Waals surface area contributed by atoms with Crippen LogP contribution in [0.25, 0.3) is 16.6 Å². The average Bonchev–Trinajstić information content (AvgIpc) is 2.71. The second kappa shape index (κ2) is 8.99. The maximum Gasteiger partial charge on any atom is 0.416 e. The zero-order chi connectivity index (χ0) is 22.6. The van der Waals surface area contributed by atoms with Gasteiger partial charge in [0.2, 0.25) is 0 Å². The third-order valence-corrected chi connectivity index (χ3v) is 4.66. The van der Waals surface area contributed by atoms with Gasteiger partial charge in [-0.25, -0.2) is 4.98 Å². The van der Waals surface area contributed by atoms with Gasteiger partial charge in [-0.15, -0.1) is 0 Å². The summed E-state index contributed by atoms with van der Waals surface area (Å²) in [4.78, 5) is 28.4. The van der Waals surface area contributed by atoms with E-state index in [9.17, 15) is 22.8 Å². The minimum Gasteiger partial charge on any atom is -0.481 e. The van der Waals surface area contributed by atoms with Gasteiger partial charge in [0, 0.05) is 12.8 Å². The minimum atomic E-state index is -4.50. The highest BCUT2D eigenvalue weighted by Gasteiger charge is 2.30. The number of carbonyl (C=O) groups is 1. The number of oxime groups is 1. The zero-order valence-electron chi connectivity index (χ0n) is 16.1. The molecule has 10 heteroatoms. The van der Waals surface area contributed by atoms with Crippen molar-refractivity contribution in [1.29, 1.82) is 0 Å². The Morgan fingerprint density at radius 2 is 1.84 bits per heavy atom. The number of rotatable bonds is 7. The van der Waals surface area contributed by atoms with Gasteiger partial charge < -0.3 is 10.3 Å². The van der Waals surface area contributed by atoms with Gasteiger partial charge in [-0.3, -0.25) is 14.2 Å². The monoisotopic (exact) mass is 433 g/mol. The Bertz CT molecular complexity index is 1190. The van der Waals surface area contributed by atoms with Crippen LogP contribution in [0.15, 0.2) is 52.4 Å². The van der Waals surface area contributed by atoms with E-state index < -0.39 is 23.3 Å². The molecule has 0 bridgehead atoms. The quantitative estimate of drug-likeness (QED) is 0.254. The molecule has 0 saturated heterocycles. The van der Waals surface area contributed by atoms with Crippen molar-refractivity contribution in [2.24, 2.45) is 5.16 Å². The van der Waals surface area contributed by atoms with E-state index in [0.29, 0.717) is 29.7 Å². The number of carboxylic acid groups (broad SMARTS) is 1. The van der Waals surface area contributed by atoms with Crippen LogP contribution in [0.2, 0.25) is 0 Å². The van der Waals surface area contributed by atoms with Gasteiger partial charge >= 0.3 is 12.1 Å². The van der Waals surface area contributed by atoms with Gasteiger partial charge in [0.05, 0.1) is 28.4 Å². The Labute approximate surface area is 174 Å². The van der Waals surface area contributed by atoms with E-state index in [1.54, 1.807) is 12.1 Å². The van der Waals surface area contributed by atoms with Crippen LogP contribution in [0.3, 0.4) is 0 Å². The highest BCUT2D eigenvalue weighted by molar-refractivity contribution is 5.88. The fourth-order valence-electron chi connectivity index (χ4n) is 3.19. The van der Waals surface area contributed by atoms with Crippen LogP contribution < -0.4 is 5.56 Å². The van der Waals surface area contributed by atoms with Crippen LogP contribution in [0.4, 0.5) is 13.2 Å². The predicted octanol–water partition coefficient (Wildman–Crippen LogP) is 4.01. The summed E-state index contributed by atoms with van der Waals surface area (Å²) in [6.07, 6.45) is -2.35. The van der Waals surface area contributed by atoms with Crippen molar-refractivity contribution in [3.63, 3.8) is 0 Å². The zero-order valence-corrected chi connectivity index (χ0v) is 16.1. The molecule has 3 aromatic rings. The first-order valence-corrected chi connectivity index (χ1v) is 9.33. The summed E-state index contributed by atoms with van der Waals surface area (Å²) < 4.78 is 39.9. The Kier molecular flexibility index (Phi) is 6.38. The van der Waals surface area contributed by atoms with Crippen molar-refractivity contribution >= 4 is 23.1 Å². The topological polar surface area (TPSA) is 105 Å². The molecule has 0 saturated carbocycles. The molecule has 0 radical (unpaired) electrons. The van der Waals surface area contributed by atoms with Crippen molar-refractivity contribution in [3.8, 4) is 5.69 Å². The van der Waals surface area contributed by atoms with Crippen molar-refractivity contribution in [2.75, 3.05) is 0 Å². The van der Waals surface area contributed by atoms with E-state index in [0.717, 1.165) is 12.1 Å². The number of aryl methyl sites for hydroxylation is 1. The van der Waals surface area contributed by atoms with Gasteiger partial charge in [0.25, 0.3) is 5.56 Å². The van der Waals surface area contributed by atoms with Crippen molar-refractivity contribution < 1.29 is 28.3 Å². The fraction of sp³-hybridized carbons (Fsp3) is 0.238. The summed E-state index contributed by atoms with van der Waals surface area (Å²) in [5.41, 5.74) is -0.245. The molecule has 0 aliphatic rings. The Morgan fingerprint density at radius 3 is 2.45 bits per heavy atom. The number of carboxylic acids is 1. The van der Waals surface area contributed by atoms with E-state index in [1.807, 2.05) is 0 Å². The van der Waals surface area contributed by atoms with E-state index in [4.69, 9.17) is 10.3 Å². The Morgan fingerprint density at radius 1 is 1.13 bits per heavy atom. The van der Waals surface area contributed by atoms with Gasteiger partial charge in [0.15, 0.2) is 0 Å². The molecular formula is C21H18F3N3O4. The number of halogens is 3. The molecule has 0 fully saturated rings. The maximum absolute atomic E-state index is 13.2. The van der Waals surface area contributed by atoms with E-state index in [2.05, 4.69) is 10.1 Å². The second-order valence-corrected chi connectivity index (χ2v) is 6.84. The summed E-state index contributed by atoms with van der Waals surface area (Å²) in [5.74, 6) is -0.653. The number of hydrogen-bond acceptors (Lipinski definition) is 5. The predicted molar refractivity (Wildman–Crippen MR) is 107 cm³/mol. The van der Waals surface area contributed by atoms with Gasteiger partial charge in [-0.2, -0.15) is 13.2 Å². The molecule has 0 aliphatic carbocycles. The lowest BCUT2D eigenvalue weighted by atomic mass is 10.1. The molecule has 0 spiro atoms. The number of aromatic nitrogens is 2. The summed E-state index contributed by atoms with van der Waals surface area (Å²) in [5, 5.41) is 20.7. The van der Waals surface area contributed by atoms with Crippen molar-refractivity contribution in [1.82, 2.24) is 9.55 Å². The summed E-state index contributed by atoms with van der Waals surface area (Å²) in [7, 11) is 0. The molecule has 2 aromatic carbocycles. The number of benzene rings is 2. The summed E-state index contributed by atoms with van der Waals surface area (Å²) in [6.45, 7) is 0. The summed E-state index contributed by atoms with van der Waals surface area (Å²) >= 11 is 0. The molecule has 31 heavy (non-hydrogen) atoms. The van der Waals surface area contributed by atoms with Gasteiger partial charge in [-0.05, 0) is 54.8 Å². The van der Waals surface area contributed by atoms with Gasteiger partial charge in [-0.1, -0.05) is 11.2 Å². The molecule has 3 rings (SSSR count). The highest BCUT2D eigenvalue weighted by Crippen LogP contribution is 2.29. The standard InChI is InChI=1S/C21H18F3N3O4/c22-21(23,24)14-6-8-15(9-7-14)27-18(3-1-2-4-19(28)29)26-17-11-13(12-25-31)5-10-16(17)20(27)30/h5-12,31H,1-4H2,(H,28,29)/b25-12-. The summed E-state index contributed by atoms with van der Waals surface area (Å²) in [6, 6.07) is 8.78. The number of unbranched alkanes of at least 4 members (excludes halogenated alkanes) is 1. The average molecular weight is 433 g/mol. The largest absolute Gasteiger partial charge is 0.481 e. The third kappa shape index (κ3) is 5.08. The number of aliphatic carboxylic acids is 1. The lowest BCUT2D eigenvalue weighted by molar-refractivity contribution is -0.138. The highest BCUT2D eigenvalue weighted by atomic mass is 19.4. The molecule has 0 atom stereocenters. The molecule has 162 valence electrons. The minimum absolute atomic E-state index is 0.0464. The van der Waals surface area contributed by atoms with E-state index in [-0.39, 0.29) is 23.9 Å². The third-order valence-electron chi connectivity index (χ3n) is 4.66. The maximum atomic E-state index is 13.2.